The summed E-state index contributed by atoms with van der Waals surface area (Å²) in [5.41, 5.74) is 0. The molecular formula is C25H31N2PS. The molecule has 0 spiro atoms. The lowest BCUT2D eigenvalue weighted by atomic mass is 9.90. The SMILES string of the molecule is c1ccc(P(CCNC2CCCC[C@H]2NCc2cccs2)c2ccccc2)cc1. The van der Waals surface area contributed by atoms with Crippen LogP contribution in [0.4, 0.5) is 0 Å². The Morgan fingerprint density at radius 2 is 1.38 bits per heavy atom. The normalized spacial score (nSPS) is 19.5. The fraction of sp³-hybridized carbons (Fsp3) is 0.360. The third-order valence-corrected chi connectivity index (χ3v) is 9.15. The summed E-state index contributed by atoms with van der Waals surface area (Å²) in [6.07, 6.45) is 6.46. The van der Waals surface area contributed by atoms with Gasteiger partial charge in [-0.3, -0.25) is 0 Å². The van der Waals surface area contributed by atoms with Crippen LogP contribution < -0.4 is 21.2 Å². The van der Waals surface area contributed by atoms with E-state index in [-0.39, 0.29) is 7.92 Å². The van der Waals surface area contributed by atoms with E-state index in [1.807, 2.05) is 11.3 Å². The van der Waals surface area contributed by atoms with Crippen LogP contribution in [0, 0.1) is 0 Å². The van der Waals surface area contributed by atoms with E-state index in [2.05, 4.69) is 88.8 Å². The van der Waals surface area contributed by atoms with Gasteiger partial charge in [0.05, 0.1) is 0 Å². The topological polar surface area (TPSA) is 24.1 Å². The van der Waals surface area contributed by atoms with Crippen LogP contribution in [0.15, 0.2) is 78.2 Å². The number of hydrogen-bond donors (Lipinski definition) is 2. The molecule has 0 aliphatic heterocycles. The zero-order valence-electron chi connectivity index (χ0n) is 17.0. The first-order valence-corrected chi connectivity index (χ1v) is 13.2. The third kappa shape index (κ3) is 5.99. The highest BCUT2D eigenvalue weighted by atomic mass is 32.1. The Bertz CT molecular complexity index is 783. The first kappa shape index (κ1) is 20.8. The maximum Gasteiger partial charge on any atom is 0.0302 e. The van der Waals surface area contributed by atoms with Gasteiger partial charge >= 0.3 is 0 Å². The number of benzene rings is 2. The molecule has 0 radical (unpaired) electrons. The van der Waals surface area contributed by atoms with Crippen LogP contribution in [-0.2, 0) is 6.54 Å². The molecule has 1 aliphatic carbocycles. The molecule has 1 aromatic heterocycles. The second kappa shape index (κ2) is 11.0. The van der Waals surface area contributed by atoms with Crippen molar-refractivity contribution in [3.05, 3.63) is 83.1 Å². The van der Waals surface area contributed by atoms with E-state index in [1.54, 1.807) is 0 Å². The summed E-state index contributed by atoms with van der Waals surface area (Å²) in [7, 11) is -0.311. The van der Waals surface area contributed by atoms with Crippen molar-refractivity contribution in [2.75, 3.05) is 12.7 Å². The Labute approximate surface area is 180 Å². The smallest absolute Gasteiger partial charge is 0.0302 e. The Morgan fingerprint density at radius 1 is 0.759 bits per heavy atom. The quantitative estimate of drug-likeness (QED) is 0.481. The van der Waals surface area contributed by atoms with E-state index < -0.39 is 0 Å². The van der Waals surface area contributed by atoms with Crippen LogP contribution >= 0.6 is 19.3 Å². The first-order chi connectivity index (χ1) is 14.4. The molecule has 152 valence electrons. The monoisotopic (exact) mass is 422 g/mol. The van der Waals surface area contributed by atoms with Crippen LogP contribution in [0.3, 0.4) is 0 Å². The van der Waals surface area contributed by atoms with Crippen LogP contribution in [0.2, 0.25) is 0 Å². The van der Waals surface area contributed by atoms with Crippen molar-refractivity contribution in [2.24, 2.45) is 0 Å². The van der Waals surface area contributed by atoms with Gasteiger partial charge < -0.3 is 10.6 Å². The van der Waals surface area contributed by atoms with Gasteiger partial charge in [0.1, 0.15) is 0 Å². The highest BCUT2D eigenvalue weighted by molar-refractivity contribution is 7.73. The molecule has 2 atom stereocenters. The lowest BCUT2D eigenvalue weighted by Gasteiger charge is -2.33. The van der Waals surface area contributed by atoms with Crippen molar-refractivity contribution in [1.29, 1.82) is 0 Å². The van der Waals surface area contributed by atoms with Crippen molar-refractivity contribution in [3.63, 3.8) is 0 Å². The van der Waals surface area contributed by atoms with Gasteiger partial charge in [-0.15, -0.1) is 11.3 Å². The maximum atomic E-state index is 3.93. The van der Waals surface area contributed by atoms with E-state index in [1.165, 1.54) is 47.3 Å². The predicted molar refractivity (Wildman–Crippen MR) is 129 cm³/mol. The van der Waals surface area contributed by atoms with E-state index in [4.69, 9.17) is 0 Å². The number of thiophene rings is 1. The Kier molecular flexibility index (Phi) is 7.90. The Balaban J connectivity index is 1.35. The van der Waals surface area contributed by atoms with Crippen molar-refractivity contribution < 1.29 is 0 Å². The van der Waals surface area contributed by atoms with Crippen LogP contribution in [0.25, 0.3) is 0 Å². The van der Waals surface area contributed by atoms with Gasteiger partial charge in [-0.1, -0.05) is 79.6 Å². The molecule has 1 unspecified atom stereocenters. The molecule has 1 heterocycles. The molecule has 1 fully saturated rings. The van der Waals surface area contributed by atoms with Gasteiger partial charge in [-0.25, -0.2) is 0 Å². The molecule has 1 saturated carbocycles. The van der Waals surface area contributed by atoms with Gasteiger partial charge in [0, 0.05) is 23.5 Å². The second-order valence-corrected chi connectivity index (χ2v) is 11.1. The highest BCUT2D eigenvalue weighted by Gasteiger charge is 2.24. The van der Waals surface area contributed by atoms with E-state index >= 15 is 0 Å². The van der Waals surface area contributed by atoms with Crippen molar-refractivity contribution in [1.82, 2.24) is 10.6 Å². The molecule has 3 aromatic rings. The minimum atomic E-state index is -0.311. The van der Waals surface area contributed by atoms with Crippen molar-refractivity contribution >= 4 is 29.9 Å². The average molecular weight is 423 g/mol. The third-order valence-electron chi connectivity index (χ3n) is 5.76. The highest BCUT2D eigenvalue weighted by Crippen LogP contribution is 2.32. The maximum absolute atomic E-state index is 3.93. The lowest BCUT2D eigenvalue weighted by Crippen LogP contribution is -2.50. The number of rotatable bonds is 9. The summed E-state index contributed by atoms with van der Waals surface area (Å²) in [5, 5.41) is 12.9. The standard InChI is InChI=1S/C25H31N2PS/c1-3-10-21(11-4-1)28(22-12-5-2-6-13-22)18-17-26-24-15-7-8-16-25(24)27-20-23-14-9-19-29-23/h1-6,9-14,19,24-27H,7-8,15-18,20H2/t24?,25-/m1/s1. The molecule has 1 aliphatic rings. The molecule has 2 nitrogen and oxygen atoms in total. The van der Waals surface area contributed by atoms with Crippen LogP contribution in [0.1, 0.15) is 30.6 Å². The first-order valence-electron chi connectivity index (χ1n) is 10.8. The van der Waals surface area contributed by atoms with Crippen LogP contribution in [0.5, 0.6) is 0 Å². The summed E-state index contributed by atoms with van der Waals surface area (Å²) in [6.45, 7) is 2.08. The number of hydrogen-bond acceptors (Lipinski definition) is 3. The van der Waals surface area contributed by atoms with E-state index in [0.717, 1.165) is 13.1 Å². The molecule has 0 bridgehead atoms. The average Bonchev–Trinajstić information content (AvgIpc) is 3.31. The van der Waals surface area contributed by atoms with Gasteiger partial charge in [0.2, 0.25) is 0 Å². The number of nitrogens with one attached hydrogen (secondary N) is 2. The summed E-state index contributed by atoms with van der Waals surface area (Å²) >= 11 is 1.85. The largest absolute Gasteiger partial charge is 0.312 e. The van der Waals surface area contributed by atoms with Crippen molar-refractivity contribution in [3.8, 4) is 0 Å². The van der Waals surface area contributed by atoms with Gasteiger partial charge in [-0.2, -0.15) is 0 Å². The Hall–Kier alpha value is -1.51. The van der Waals surface area contributed by atoms with Gasteiger partial charge in [0.15, 0.2) is 0 Å². The molecule has 29 heavy (non-hydrogen) atoms. The fourth-order valence-electron chi connectivity index (χ4n) is 4.25. The Morgan fingerprint density at radius 3 is 1.97 bits per heavy atom. The summed E-state index contributed by atoms with van der Waals surface area (Å²) in [6, 6.07) is 27.7. The summed E-state index contributed by atoms with van der Waals surface area (Å²) in [5.74, 6) is 0. The molecule has 2 aromatic carbocycles. The minimum Gasteiger partial charge on any atom is -0.312 e. The minimum absolute atomic E-state index is 0.311. The summed E-state index contributed by atoms with van der Waals surface area (Å²) in [4.78, 5) is 1.44. The molecule has 0 saturated heterocycles. The van der Waals surface area contributed by atoms with E-state index in [9.17, 15) is 0 Å². The molecule has 2 N–H and O–H groups in total. The fourth-order valence-corrected chi connectivity index (χ4v) is 7.14. The lowest BCUT2D eigenvalue weighted by molar-refractivity contribution is 0.287. The van der Waals surface area contributed by atoms with Gasteiger partial charge in [-0.05, 0) is 55.5 Å². The molecule has 4 heteroatoms. The van der Waals surface area contributed by atoms with Crippen molar-refractivity contribution in [2.45, 2.75) is 44.3 Å². The van der Waals surface area contributed by atoms with E-state index in [0.29, 0.717) is 12.1 Å². The zero-order valence-corrected chi connectivity index (χ0v) is 18.7. The molecule has 4 rings (SSSR count). The van der Waals surface area contributed by atoms with Crippen LogP contribution in [-0.4, -0.2) is 24.8 Å². The molecule has 0 amide bonds. The second-order valence-electron chi connectivity index (χ2n) is 7.73. The predicted octanol–water partition coefficient (Wildman–Crippen LogP) is 4.87. The molecular weight excluding hydrogens is 391 g/mol. The van der Waals surface area contributed by atoms with Gasteiger partial charge in [0.25, 0.3) is 0 Å². The summed E-state index contributed by atoms with van der Waals surface area (Å²) < 4.78 is 0. The zero-order chi connectivity index (χ0) is 19.7.